The Morgan fingerprint density at radius 1 is 0.914 bits per heavy atom. The van der Waals surface area contributed by atoms with E-state index in [2.05, 4.69) is 22.8 Å². The van der Waals surface area contributed by atoms with Gasteiger partial charge in [0.1, 0.15) is 5.75 Å². The van der Waals surface area contributed by atoms with E-state index in [1.807, 2.05) is 70.2 Å². The first-order valence-corrected chi connectivity index (χ1v) is 12.2. The molecule has 0 spiro atoms. The van der Waals surface area contributed by atoms with E-state index in [1.54, 1.807) is 18.2 Å². The number of hydrogen-bond donors (Lipinski definition) is 2. The lowest BCUT2D eigenvalue weighted by molar-refractivity contribution is -0.124. The minimum absolute atomic E-state index is 0.117. The Morgan fingerprint density at radius 2 is 1.63 bits per heavy atom. The van der Waals surface area contributed by atoms with E-state index in [0.29, 0.717) is 30.8 Å². The monoisotopic (exact) mass is 472 g/mol. The van der Waals surface area contributed by atoms with Crippen molar-refractivity contribution < 1.29 is 14.3 Å². The summed E-state index contributed by atoms with van der Waals surface area (Å²) in [4.78, 5) is 25.9. The van der Waals surface area contributed by atoms with Crippen molar-refractivity contribution in [2.75, 3.05) is 18.5 Å². The number of carbonyl (C=O) groups excluding carboxylic acids is 2. The summed E-state index contributed by atoms with van der Waals surface area (Å²) >= 11 is 0. The first kappa shape index (κ1) is 26.0. The molecule has 0 bridgehead atoms. The Labute approximate surface area is 208 Å². The molecule has 35 heavy (non-hydrogen) atoms. The molecule has 3 aromatic rings. The summed E-state index contributed by atoms with van der Waals surface area (Å²) in [6.07, 6.45) is 2.16. The smallest absolute Gasteiger partial charge is 0.253 e. The lowest BCUT2D eigenvalue weighted by atomic mass is 9.86. The van der Waals surface area contributed by atoms with Crippen LogP contribution in [0.1, 0.15) is 53.7 Å². The second-order valence-electron chi connectivity index (χ2n) is 9.60. The molecule has 0 aromatic heterocycles. The van der Waals surface area contributed by atoms with Gasteiger partial charge in [0.25, 0.3) is 5.91 Å². The molecular weight excluding hydrogens is 436 g/mol. The molecule has 5 heteroatoms. The fourth-order valence-electron chi connectivity index (χ4n) is 3.81. The van der Waals surface area contributed by atoms with Gasteiger partial charge in [-0.15, -0.1) is 0 Å². The number of para-hydroxylation sites is 1. The number of aryl methyl sites for hydroxylation is 2. The van der Waals surface area contributed by atoms with Crippen LogP contribution in [0.5, 0.6) is 5.75 Å². The van der Waals surface area contributed by atoms with Crippen molar-refractivity contribution >= 4 is 17.5 Å². The maximum absolute atomic E-state index is 13.1. The lowest BCUT2D eigenvalue weighted by Crippen LogP contribution is -2.33. The highest BCUT2D eigenvalue weighted by Crippen LogP contribution is 2.27. The van der Waals surface area contributed by atoms with Gasteiger partial charge in [0, 0.05) is 12.0 Å². The van der Waals surface area contributed by atoms with Crippen LogP contribution in [0.2, 0.25) is 0 Å². The van der Waals surface area contributed by atoms with Gasteiger partial charge in [0.2, 0.25) is 5.91 Å². The molecule has 3 aromatic carbocycles. The van der Waals surface area contributed by atoms with E-state index >= 15 is 0 Å². The molecule has 184 valence electrons. The van der Waals surface area contributed by atoms with Gasteiger partial charge >= 0.3 is 0 Å². The molecular formula is C30H36N2O3. The summed E-state index contributed by atoms with van der Waals surface area (Å²) in [5, 5.41) is 5.93. The Morgan fingerprint density at radius 3 is 2.40 bits per heavy atom. The third-order valence-corrected chi connectivity index (χ3v) is 6.12. The molecule has 0 fully saturated rings. The fraction of sp³-hybridized carbons (Fsp3) is 0.333. The minimum Gasteiger partial charge on any atom is -0.493 e. The number of nitrogens with one attached hydrogen (secondary N) is 2. The van der Waals surface area contributed by atoms with Gasteiger partial charge in [0.15, 0.2) is 0 Å². The summed E-state index contributed by atoms with van der Waals surface area (Å²) in [5.74, 6) is 0.574. The van der Waals surface area contributed by atoms with Crippen LogP contribution >= 0.6 is 0 Å². The van der Waals surface area contributed by atoms with Crippen LogP contribution in [0.15, 0.2) is 72.8 Å². The summed E-state index contributed by atoms with van der Waals surface area (Å²) in [7, 11) is 0. The normalized spacial score (nSPS) is 11.1. The van der Waals surface area contributed by atoms with Gasteiger partial charge in [-0.1, -0.05) is 68.4 Å². The highest BCUT2D eigenvalue weighted by atomic mass is 16.5. The molecule has 2 amide bonds. The van der Waals surface area contributed by atoms with Crippen molar-refractivity contribution in [1.82, 2.24) is 5.32 Å². The molecule has 0 unspecified atom stereocenters. The van der Waals surface area contributed by atoms with Crippen molar-refractivity contribution in [3.05, 3.63) is 95.1 Å². The van der Waals surface area contributed by atoms with Gasteiger partial charge in [0.05, 0.1) is 17.9 Å². The molecule has 0 saturated carbocycles. The molecule has 0 aliphatic heterocycles. The highest BCUT2D eigenvalue weighted by molar-refractivity contribution is 6.04. The summed E-state index contributed by atoms with van der Waals surface area (Å²) in [5.41, 5.74) is 3.80. The fourth-order valence-corrected chi connectivity index (χ4v) is 3.81. The van der Waals surface area contributed by atoms with E-state index in [0.717, 1.165) is 35.3 Å². The first-order chi connectivity index (χ1) is 16.8. The number of rotatable bonds is 11. The molecule has 0 heterocycles. The molecule has 0 saturated heterocycles. The average Bonchev–Trinajstić information content (AvgIpc) is 2.84. The van der Waals surface area contributed by atoms with Gasteiger partial charge < -0.3 is 15.4 Å². The number of ether oxygens (including phenoxy) is 1. The number of benzene rings is 3. The van der Waals surface area contributed by atoms with Crippen LogP contribution in [-0.4, -0.2) is 25.0 Å². The zero-order valence-electron chi connectivity index (χ0n) is 21.2. The van der Waals surface area contributed by atoms with Crippen molar-refractivity contribution in [3.63, 3.8) is 0 Å². The Hall–Kier alpha value is -3.60. The van der Waals surface area contributed by atoms with Crippen LogP contribution in [0.3, 0.4) is 0 Å². The van der Waals surface area contributed by atoms with Gasteiger partial charge in [-0.2, -0.15) is 0 Å². The number of amides is 2. The lowest BCUT2D eigenvalue weighted by Gasteiger charge is -2.24. The number of hydrogen-bond acceptors (Lipinski definition) is 3. The predicted molar refractivity (Wildman–Crippen MR) is 142 cm³/mol. The van der Waals surface area contributed by atoms with Crippen molar-refractivity contribution in [2.45, 2.75) is 47.0 Å². The van der Waals surface area contributed by atoms with Gasteiger partial charge in [-0.25, -0.2) is 0 Å². The standard InChI is InChI=1S/C30H36N2O3/c1-22-15-16-23(2)27(21-22)35-20-10-18-30(3,4)29(34)32-26-14-9-8-13-25(26)28(33)31-19-17-24-11-6-5-7-12-24/h5-9,11-16,21H,10,17-20H2,1-4H3,(H,31,33)(H,32,34). The van der Waals surface area contributed by atoms with E-state index < -0.39 is 5.41 Å². The van der Waals surface area contributed by atoms with Crippen LogP contribution in [-0.2, 0) is 11.2 Å². The van der Waals surface area contributed by atoms with Crippen molar-refractivity contribution in [2.24, 2.45) is 5.41 Å². The van der Waals surface area contributed by atoms with E-state index in [9.17, 15) is 9.59 Å². The molecule has 0 aliphatic rings. The second-order valence-corrected chi connectivity index (χ2v) is 9.60. The van der Waals surface area contributed by atoms with E-state index in [-0.39, 0.29) is 11.8 Å². The minimum atomic E-state index is -0.609. The molecule has 0 radical (unpaired) electrons. The Bertz CT molecular complexity index is 1140. The molecule has 0 aliphatic carbocycles. The van der Waals surface area contributed by atoms with Crippen LogP contribution < -0.4 is 15.4 Å². The zero-order chi connectivity index (χ0) is 25.3. The third kappa shape index (κ3) is 7.71. The topological polar surface area (TPSA) is 67.4 Å². The van der Waals surface area contributed by atoms with Gasteiger partial charge in [-0.3, -0.25) is 9.59 Å². The van der Waals surface area contributed by atoms with Crippen molar-refractivity contribution in [1.29, 1.82) is 0 Å². The van der Waals surface area contributed by atoms with E-state index in [4.69, 9.17) is 4.74 Å². The highest BCUT2D eigenvalue weighted by Gasteiger charge is 2.28. The van der Waals surface area contributed by atoms with Crippen molar-refractivity contribution in [3.8, 4) is 5.75 Å². The summed E-state index contributed by atoms with van der Waals surface area (Å²) < 4.78 is 5.95. The Kier molecular flexibility index (Phi) is 9.07. The predicted octanol–water partition coefficient (Wildman–Crippen LogP) is 6.10. The quantitative estimate of drug-likeness (QED) is 0.331. The number of carbonyl (C=O) groups is 2. The third-order valence-electron chi connectivity index (χ3n) is 6.12. The first-order valence-electron chi connectivity index (χ1n) is 12.2. The largest absolute Gasteiger partial charge is 0.493 e. The SMILES string of the molecule is Cc1ccc(C)c(OCCCC(C)(C)C(=O)Nc2ccccc2C(=O)NCCc2ccccc2)c1. The van der Waals surface area contributed by atoms with Crippen LogP contribution in [0.4, 0.5) is 5.69 Å². The van der Waals surface area contributed by atoms with E-state index in [1.165, 1.54) is 0 Å². The van der Waals surface area contributed by atoms with Crippen LogP contribution in [0, 0.1) is 19.3 Å². The maximum Gasteiger partial charge on any atom is 0.253 e. The molecule has 5 nitrogen and oxygen atoms in total. The summed E-state index contributed by atoms with van der Waals surface area (Å²) in [6, 6.07) is 23.3. The molecule has 3 rings (SSSR count). The molecule has 0 atom stereocenters. The maximum atomic E-state index is 13.1. The zero-order valence-corrected chi connectivity index (χ0v) is 21.2. The van der Waals surface area contributed by atoms with Gasteiger partial charge in [-0.05, 0) is 68.0 Å². The second kappa shape index (κ2) is 12.2. The van der Waals surface area contributed by atoms with Crippen LogP contribution in [0.25, 0.3) is 0 Å². The average molecular weight is 473 g/mol. The Balaban J connectivity index is 1.52. The summed E-state index contributed by atoms with van der Waals surface area (Å²) in [6.45, 7) is 8.98. The molecule has 2 N–H and O–H groups in total. The number of anilines is 1.